The second-order valence-corrected chi connectivity index (χ2v) is 4.50. The highest BCUT2D eigenvalue weighted by molar-refractivity contribution is 7.11. The van der Waals surface area contributed by atoms with E-state index in [0.717, 1.165) is 16.9 Å². The van der Waals surface area contributed by atoms with Crippen molar-refractivity contribution >= 4 is 17.2 Å². The van der Waals surface area contributed by atoms with Crippen molar-refractivity contribution < 1.29 is 4.79 Å². The molecular formula is C11H11N3O2S. The average Bonchev–Trinajstić information content (AvgIpc) is 2.67. The highest BCUT2D eigenvalue weighted by atomic mass is 32.1. The van der Waals surface area contributed by atoms with Crippen LogP contribution in [0.5, 0.6) is 0 Å². The van der Waals surface area contributed by atoms with E-state index >= 15 is 0 Å². The van der Waals surface area contributed by atoms with Gasteiger partial charge in [0.25, 0.3) is 5.91 Å². The van der Waals surface area contributed by atoms with Gasteiger partial charge < -0.3 is 10.3 Å². The van der Waals surface area contributed by atoms with Gasteiger partial charge in [0.05, 0.1) is 0 Å². The van der Waals surface area contributed by atoms with Crippen LogP contribution in [0.2, 0.25) is 0 Å². The van der Waals surface area contributed by atoms with Crippen LogP contribution in [-0.2, 0) is 6.54 Å². The molecule has 6 heteroatoms. The SMILES string of the molecule is Cc1[nH]c(=O)sc1C(=O)NCc1cccnc1. The van der Waals surface area contributed by atoms with E-state index in [1.807, 2.05) is 6.07 Å². The first-order chi connectivity index (χ1) is 8.16. The number of hydrogen-bond donors (Lipinski definition) is 2. The molecule has 0 saturated carbocycles. The van der Waals surface area contributed by atoms with Gasteiger partial charge in [-0.05, 0) is 18.6 Å². The lowest BCUT2D eigenvalue weighted by Gasteiger charge is -2.03. The average molecular weight is 249 g/mol. The number of aryl methyl sites for hydroxylation is 1. The maximum absolute atomic E-state index is 11.8. The highest BCUT2D eigenvalue weighted by Crippen LogP contribution is 2.07. The third-order valence-corrected chi connectivity index (χ3v) is 3.19. The van der Waals surface area contributed by atoms with Crippen LogP contribution in [0.4, 0.5) is 0 Å². The predicted octanol–water partition coefficient (Wildman–Crippen LogP) is 1.07. The van der Waals surface area contributed by atoms with Gasteiger partial charge in [-0.3, -0.25) is 14.6 Å². The maximum atomic E-state index is 11.8. The summed E-state index contributed by atoms with van der Waals surface area (Å²) in [7, 11) is 0. The largest absolute Gasteiger partial charge is 0.347 e. The summed E-state index contributed by atoms with van der Waals surface area (Å²) in [6.07, 6.45) is 3.36. The lowest BCUT2D eigenvalue weighted by molar-refractivity contribution is 0.0954. The molecule has 2 N–H and O–H groups in total. The van der Waals surface area contributed by atoms with Crippen LogP contribution in [0.15, 0.2) is 29.3 Å². The zero-order chi connectivity index (χ0) is 12.3. The van der Waals surface area contributed by atoms with Gasteiger partial charge in [-0.25, -0.2) is 0 Å². The second kappa shape index (κ2) is 4.92. The van der Waals surface area contributed by atoms with Crippen LogP contribution >= 0.6 is 11.3 Å². The number of H-pyrrole nitrogens is 1. The number of carbonyl (C=O) groups excluding carboxylic acids is 1. The minimum atomic E-state index is -0.241. The Morgan fingerprint density at radius 1 is 1.59 bits per heavy atom. The summed E-state index contributed by atoms with van der Waals surface area (Å²) in [6.45, 7) is 2.11. The fourth-order valence-electron chi connectivity index (χ4n) is 1.39. The van der Waals surface area contributed by atoms with Crippen molar-refractivity contribution in [3.05, 3.63) is 50.3 Å². The molecule has 0 aromatic carbocycles. The van der Waals surface area contributed by atoms with Gasteiger partial charge in [-0.15, -0.1) is 0 Å². The number of rotatable bonds is 3. The molecule has 0 bridgehead atoms. The van der Waals surface area contributed by atoms with Gasteiger partial charge >= 0.3 is 4.87 Å². The number of aromatic amines is 1. The third-order valence-electron chi connectivity index (χ3n) is 2.21. The molecule has 17 heavy (non-hydrogen) atoms. The van der Waals surface area contributed by atoms with E-state index in [2.05, 4.69) is 15.3 Å². The minimum absolute atomic E-state index is 0.214. The van der Waals surface area contributed by atoms with Gasteiger partial charge in [0.15, 0.2) is 0 Å². The number of nitrogens with zero attached hydrogens (tertiary/aromatic N) is 1. The van der Waals surface area contributed by atoms with Crippen molar-refractivity contribution in [1.29, 1.82) is 0 Å². The number of pyridine rings is 1. The fourth-order valence-corrected chi connectivity index (χ4v) is 2.15. The molecule has 0 saturated heterocycles. The molecule has 2 heterocycles. The lowest BCUT2D eigenvalue weighted by atomic mass is 10.3. The van der Waals surface area contributed by atoms with Gasteiger partial charge in [-0.1, -0.05) is 17.4 Å². The van der Waals surface area contributed by atoms with Crippen molar-refractivity contribution in [3.63, 3.8) is 0 Å². The summed E-state index contributed by atoms with van der Waals surface area (Å²) in [6, 6.07) is 3.68. The van der Waals surface area contributed by atoms with Crippen LogP contribution in [0.25, 0.3) is 0 Å². The topological polar surface area (TPSA) is 74.8 Å². The van der Waals surface area contributed by atoms with Crippen LogP contribution in [0.1, 0.15) is 20.9 Å². The van der Waals surface area contributed by atoms with Crippen LogP contribution < -0.4 is 10.2 Å². The van der Waals surface area contributed by atoms with Crippen molar-refractivity contribution in [2.24, 2.45) is 0 Å². The van der Waals surface area contributed by atoms with E-state index in [4.69, 9.17) is 0 Å². The quantitative estimate of drug-likeness (QED) is 0.854. The summed E-state index contributed by atoms with van der Waals surface area (Å²) in [5.41, 5.74) is 1.52. The Labute approximate surface area is 102 Å². The number of nitrogens with one attached hydrogen (secondary N) is 2. The summed E-state index contributed by atoms with van der Waals surface area (Å²) >= 11 is 0.919. The van der Waals surface area contributed by atoms with Crippen LogP contribution in [-0.4, -0.2) is 15.9 Å². The van der Waals surface area contributed by atoms with E-state index in [9.17, 15) is 9.59 Å². The van der Waals surface area contributed by atoms with Gasteiger partial charge in [0.2, 0.25) is 0 Å². The zero-order valence-corrected chi connectivity index (χ0v) is 10.0. The normalized spacial score (nSPS) is 10.2. The van der Waals surface area contributed by atoms with Crippen molar-refractivity contribution in [3.8, 4) is 0 Å². The molecule has 88 valence electrons. The molecule has 0 spiro atoms. The number of aromatic nitrogens is 2. The molecule has 0 aliphatic carbocycles. The summed E-state index contributed by atoms with van der Waals surface area (Å²) in [4.78, 5) is 29.6. The van der Waals surface area contributed by atoms with E-state index in [1.54, 1.807) is 25.4 Å². The first-order valence-corrected chi connectivity index (χ1v) is 5.85. The van der Waals surface area contributed by atoms with Gasteiger partial charge in [-0.2, -0.15) is 0 Å². The number of carbonyl (C=O) groups is 1. The van der Waals surface area contributed by atoms with E-state index in [1.165, 1.54) is 0 Å². The number of thiazole rings is 1. The van der Waals surface area contributed by atoms with Crippen molar-refractivity contribution in [2.75, 3.05) is 0 Å². The molecule has 0 radical (unpaired) electrons. The minimum Gasteiger partial charge on any atom is -0.347 e. The standard InChI is InChI=1S/C11H11N3O2S/c1-7-9(17-11(16)14-7)10(15)13-6-8-3-2-4-12-5-8/h2-5H,6H2,1H3,(H,13,15)(H,14,16). The van der Waals surface area contributed by atoms with Gasteiger partial charge in [0, 0.05) is 24.6 Å². The highest BCUT2D eigenvalue weighted by Gasteiger charge is 2.12. The first kappa shape index (κ1) is 11.5. The summed E-state index contributed by atoms with van der Waals surface area (Å²) in [5.74, 6) is -0.241. The van der Waals surface area contributed by atoms with Crippen LogP contribution in [0, 0.1) is 6.92 Å². The molecule has 5 nitrogen and oxygen atoms in total. The Hall–Kier alpha value is -1.95. The molecule has 0 unspecified atom stereocenters. The molecule has 2 aromatic rings. The Kier molecular flexibility index (Phi) is 3.34. The summed E-state index contributed by atoms with van der Waals surface area (Å²) in [5, 5.41) is 2.74. The van der Waals surface area contributed by atoms with Crippen molar-refractivity contribution in [2.45, 2.75) is 13.5 Å². The first-order valence-electron chi connectivity index (χ1n) is 5.03. The molecule has 0 aliphatic rings. The lowest BCUT2D eigenvalue weighted by Crippen LogP contribution is -2.22. The Bertz CT molecular complexity index is 574. The molecule has 1 amide bonds. The summed E-state index contributed by atoms with van der Waals surface area (Å²) < 4.78 is 0. The molecule has 0 fully saturated rings. The molecule has 0 atom stereocenters. The second-order valence-electron chi connectivity index (χ2n) is 3.51. The molecule has 2 rings (SSSR count). The van der Waals surface area contributed by atoms with E-state index < -0.39 is 0 Å². The van der Waals surface area contributed by atoms with Crippen LogP contribution in [0.3, 0.4) is 0 Å². The Morgan fingerprint density at radius 2 is 2.41 bits per heavy atom. The smallest absolute Gasteiger partial charge is 0.305 e. The molecule has 2 aromatic heterocycles. The van der Waals surface area contributed by atoms with E-state index in [0.29, 0.717) is 17.1 Å². The van der Waals surface area contributed by atoms with Crippen molar-refractivity contribution in [1.82, 2.24) is 15.3 Å². The number of amides is 1. The molecular weight excluding hydrogens is 238 g/mol. The molecule has 0 aliphatic heterocycles. The maximum Gasteiger partial charge on any atom is 0.305 e. The monoisotopic (exact) mass is 249 g/mol. The Morgan fingerprint density at radius 3 is 3.00 bits per heavy atom. The van der Waals surface area contributed by atoms with Gasteiger partial charge in [0.1, 0.15) is 4.88 Å². The zero-order valence-electron chi connectivity index (χ0n) is 9.19. The fraction of sp³-hybridized carbons (Fsp3) is 0.182. The number of hydrogen-bond acceptors (Lipinski definition) is 4. The predicted molar refractivity (Wildman–Crippen MR) is 65.1 cm³/mol. The third kappa shape index (κ3) is 2.79. The van der Waals surface area contributed by atoms with E-state index in [-0.39, 0.29) is 10.8 Å². The Balaban J connectivity index is 2.03.